The monoisotopic (exact) mass is 365 g/mol. The smallest absolute Gasteiger partial charge is 0.227 e. The first-order valence-electron chi connectivity index (χ1n) is 8.75. The summed E-state index contributed by atoms with van der Waals surface area (Å²) in [5.41, 5.74) is 3.64. The highest BCUT2D eigenvalue weighted by Crippen LogP contribution is 2.18. The molecule has 2 aromatic carbocycles. The van der Waals surface area contributed by atoms with E-state index in [0.29, 0.717) is 12.4 Å². The van der Waals surface area contributed by atoms with E-state index in [4.69, 9.17) is 9.47 Å². The molecule has 0 aliphatic rings. The van der Waals surface area contributed by atoms with Crippen LogP contribution in [0.1, 0.15) is 17.8 Å². The van der Waals surface area contributed by atoms with Crippen molar-refractivity contribution in [1.29, 1.82) is 0 Å². The molecule has 0 fully saturated rings. The lowest BCUT2D eigenvalue weighted by atomic mass is 10.2. The average molecular weight is 365 g/mol. The van der Waals surface area contributed by atoms with Gasteiger partial charge in [-0.15, -0.1) is 0 Å². The van der Waals surface area contributed by atoms with E-state index in [1.165, 1.54) is 0 Å². The van der Waals surface area contributed by atoms with Crippen molar-refractivity contribution in [3.8, 4) is 17.2 Å². The zero-order chi connectivity index (χ0) is 19.2. The maximum atomic E-state index is 12.2. The van der Waals surface area contributed by atoms with Gasteiger partial charge in [-0.2, -0.15) is 5.10 Å². The molecule has 0 saturated carbocycles. The molecule has 0 bridgehead atoms. The Morgan fingerprint density at radius 2 is 1.81 bits per heavy atom. The minimum atomic E-state index is -0.103. The summed E-state index contributed by atoms with van der Waals surface area (Å²) in [6.07, 6.45) is 0.260. The Labute approximate surface area is 158 Å². The van der Waals surface area contributed by atoms with Crippen molar-refractivity contribution in [3.05, 3.63) is 66.0 Å². The van der Waals surface area contributed by atoms with Crippen molar-refractivity contribution in [2.24, 2.45) is 0 Å². The molecule has 1 aromatic heterocycles. The number of carbonyl (C=O) groups is 1. The van der Waals surface area contributed by atoms with Gasteiger partial charge in [0.15, 0.2) is 0 Å². The SMILES string of the molecule is COc1ccc(OCCC(=O)Nc2cccc(-n3nc(C)cc3C)c2)cc1. The molecule has 6 nitrogen and oxygen atoms in total. The van der Waals surface area contributed by atoms with Crippen molar-refractivity contribution in [1.82, 2.24) is 9.78 Å². The van der Waals surface area contributed by atoms with Crippen LogP contribution in [0.2, 0.25) is 0 Å². The van der Waals surface area contributed by atoms with Crippen LogP contribution in [0.15, 0.2) is 54.6 Å². The minimum Gasteiger partial charge on any atom is -0.497 e. The number of aromatic nitrogens is 2. The topological polar surface area (TPSA) is 65.4 Å². The summed E-state index contributed by atoms with van der Waals surface area (Å²) in [6, 6.07) is 16.9. The van der Waals surface area contributed by atoms with Crippen molar-refractivity contribution >= 4 is 11.6 Å². The first-order chi connectivity index (χ1) is 13.0. The lowest BCUT2D eigenvalue weighted by Gasteiger charge is -2.10. The van der Waals surface area contributed by atoms with E-state index in [9.17, 15) is 4.79 Å². The fraction of sp³-hybridized carbons (Fsp3) is 0.238. The number of hydrogen-bond acceptors (Lipinski definition) is 4. The van der Waals surface area contributed by atoms with E-state index in [2.05, 4.69) is 10.4 Å². The van der Waals surface area contributed by atoms with Crippen LogP contribution in [-0.4, -0.2) is 29.4 Å². The Morgan fingerprint density at radius 1 is 1.07 bits per heavy atom. The van der Waals surface area contributed by atoms with Crippen molar-refractivity contribution in [2.75, 3.05) is 19.0 Å². The number of hydrogen-bond donors (Lipinski definition) is 1. The molecule has 0 unspecified atom stereocenters. The van der Waals surface area contributed by atoms with Crippen molar-refractivity contribution in [3.63, 3.8) is 0 Å². The Hall–Kier alpha value is -3.28. The lowest BCUT2D eigenvalue weighted by molar-refractivity contribution is -0.116. The van der Waals surface area contributed by atoms with Crippen LogP contribution in [0, 0.1) is 13.8 Å². The second-order valence-corrected chi connectivity index (χ2v) is 6.21. The van der Waals surface area contributed by atoms with Gasteiger partial charge < -0.3 is 14.8 Å². The molecule has 3 aromatic rings. The zero-order valence-corrected chi connectivity index (χ0v) is 15.7. The van der Waals surface area contributed by atoms with Crippen LogP contribution in [0.4, 0.5) is 5.69 Å². The molecule has 1 heterocycles. The van der Waals surface area contributed by atoms with E-state index in [1.807, 2.05) is 73.1 Å². The third-order valence-corrected chi connectivity index (χ3v) is 4.04. The van der Waals surface area contributed by atoms with E-state index < -0.39 is 0 Å². The third kappa shape index (κ3) is 4.88. The van der Waals surface area contributed by atoms with E-state index in [0.717, 1.165) is 28.5 Å². The molecule has 0 atom stereocenters. The zero-order valence-electron chi connectivity index (χ0n) is 15.7. The number of methoxy groups -OCH3 is 1. The van der Waals surface area contributed by atoms with Gasteiger partial charge in [0, 0.05) is 11.4 Å². The predicted molar refractivity (Wildman–Crippen MR) is 105 cm³/mol. The third-order valence-electron chi connectivity index (χ3n) is 4.04. The highest BCUT2D eigenvalue weighted by Gasteiger charge is 2.07. The van der Waals surface area contributed by atoms with Crippen LogP contribution in [0.3, 0.4) is 0 Å². The summed E-state index contributed by atoms with van der Waals surface area (Å²) in [7, 11) is 1.62. The number of aryl methyl sites for hydroxylation is 2. The first kappa shape index (κ1) is 18.5. The van der Waals surface area contributed by atoms with Crippen LogP contribution in [0.5, 0.6) is 11.5 Å². The fourth-order valence-corrected chi connectivity index (χ4v) is 2.76. The average Bonchev–Trinajstić information content (AvgIpc) is 3.01. The molecule has 0 saturated heterocycles. The Bertz CT molecular complexity index is 917. The van der Waals surface area contributed by atoms with Gasteiger partial charge >= 0.3 is 0 Å². The van der Waals surface area contributed by atoms with Crippen LogP contribution in [-0.2, 0) is 4.79 Å². The van der Waals surface area contributed by atoms with Gasteiger partial charge in [0.1, 0.15) is 11.5 Å². The molecule has 3 rings (SSSR count). The highest BCUT2D eigenvalue weighted by atomic mass is 16.5. The molecule has 1 amide bonds. The summed E-state index contributed by atoms with van der Waals surface area (Å²) in [5.74, 6) is 1.37. The van der Waals surface area contributed by atoms with Gasteiger partial charge in [0.05, 0.1) is 31.5 Å². The standard InChI is InChI=1S/C21H23N3O3/c1-15-13-16(2)24(23-15)18-6-4-5-17(14-18)22-21(25)11-12-27-20-9-7-19(26-3)8-10-20/h4-10,13-14H,11-12H2,1-3H3,(H,22,25). The Balaban J connectivity index is 1.54. The maximum Gasteiger partial charge on any atom is 0.227 e. The lowest BCUT2D eigenvalue weighted by Crippen LogP contribution is -2.15. The quantitative estimate of drug-likeness (QED) is 0.689. The number of anilines is 1. The van der Waals surface area contributed by atoms with Gasteiger partial charge in [0.2, 0.25) is 5.91 Å². The molecule has 140 valence electrons. The molecule has 1 N–H and O–H groups in total. The molecule has 6 heteroatoms. The molecule has 27 heavy (non-hydrogen) atoms. The highest BCUT2D eigenvalue weighted by molar-refractivity contribution is 5.91. The largest absolute Gasteiger partial charge is 0.497 e. The van der Waals surface area contributed by atoms with Gasteiger partial charge in [-0.3, -0.25) is 4.79 Å². The predicted octanol–water partition coefficient (Wildman–Crippen LogP) is 3.91. The molecule has 0 aliphatic heterocycles. The fourth-order valence-electron chi connectivity index (χ4n) is 2.76. The number of carbonyl (C=O) groups excluding carboxylic acids is 1. The normalized spacial score (nSPS) is 10.5. The second kappa shape index (κ2) is 8.40. The summed E-state index contributed by atoms with van der Waals surface area (Å²) in [5, 5.41) is 7.37. The summed E-state index contributed by atoms with van der Waals surface area (Å²) >= 11 is 0. The maximum absolute atomic E-state index is 12.2. The Morgan fingerprint density at radius 3 is 2.48 bits per heavy atom. The number of benzene rings is 2. The molecular weight excluding hydrogens is 342 g/mol. The molecule has 0 radical (unpaired) electrons. The number of amides is 1. The van der Waals surface area contributed by atoms with Crippen LogP contribution < -0.4 is 14.8 Å². The summed E-state index contributed by atoms with van der Waals surface area (Å²) < 4.78 is 12.6. The van der Waals surface area contributed by atoms with Gasteiger partial charge in [-0.1, -0.05) is 6.07 Å². The van der Waals surface area contributed by atoms with E-state index in [1.54, 1.807) is 7.11 Å². The van der Waals surface area contributed by atoms with Crippen LogP contribution >= 0.6 is 0 Å². The number of nitrogens with one attached hydrogen (secondary N) is 1. The van der Waals surface area contributed by atoms with E-state index in [-0.39, 0.29) is 12.3 Å². The first-order valence-corrected chi connectivity index (χ1v) is 8.75. The van der Waals surface area contributed by atoms with Crippen molar-refractivity contribution < 1.29 is 14.3 Å². The number of nitrogens with zero attached hydrogens (tertiary/aromatic N) is 2. The van der Waals surface area contributed by atoms with Gasteiger partial charge in [-0.05, 0) is 62.4 Å². The summed E-state index contributed by atoms with van der Waals surface area (Å²) in [4.78, 5) is 12.2. The second-order valence-electron chi connectivity index (χ2n) is 6.21. The van der Waals surface area contributed by atoms with Gasteiger partial charge in [-0.25, -0.2) is 4.68 Å². The molecular formula is C21H23N3O3. The Kier molecular flexibility index (Phi) is 5.76. The van der Waals surface area contributed by atoms with Gasteiger partial charge in [0.25, 0.3) is 0 Å². The van der Waals surface area contributed by atoms with Crippen molar-refractivity contribution in [2.45, 2.75) is 20.3 Å². The summed E-state index contributed by atoms with van der Waals surface area (Å²) in [6.45, 7) is 4.26. The minimum absolute atomic E-state index is 0.103. The van der Waals surface area contributed by atoms with E-state index >= 15 is 0 Å². The molecule has 0 aliphatic carbocycles. The number of ether oxygens (including phenoxy) is 2. The van der Waals surface area contributed by atoms with Crippen LogP contribution in [0.25, 0.3) is 5.69 Å². The number of rotatable bonds is 7. The molecule has 0 spiro atoms.